The van der Waals surface area contributed by atoms with Gasteiger partial charge in [0.2, 0.25) is 5.91 Å². The zero-order valence-electron chi connectivity index (χ0n) is 16.3. The van der Waals surface area contributed by atoms with Gasteiger partial charge in [-0.05, 0) is 29.8 Å². The van der Waals surface area contributed by atoms with E-state index in [1.807, 2.05) is 0 Å². The Morgan fingerprint density at radius 3 is 2.41 bits per heavy atom. The summed E-state index contributed by atoms with van der Waals surface area (Å²) in [6.07, 6.45) is -7.14. The molecule has 3 rings (SSSR count). The fourth-order valence-electron chi connectivity index (χ4n) is 3.26. The van der Waals surface area contributed by atoms with Gasteiger partial charge in [-0.2, -0.15) is 13.2 Å². The predicted molar refractivity (Wildman–Crippen MR) is 109 cm³/mol. The van der Waals surface area contributed by atoms with E-state index >= 15 is 0 Å². The normalized spacial score (nSPS) is 18.2. The van der Waals surface area contributed by atoms with Crippen LogP contribution in [0.15, 0.2) is 41.3 Å². The number of sulfone groups is 1. The minimum absolute atomic E-state index is 0.186. The quantitative estimate of drug-likeness (QED) is 0.507. The molecule has 1 aliphatic heterocycles. The number of fused-ring (bicyclic) bond motifs is 1. The third kappa shape index (κ3) is 5.28. The van der Waals surface area contributed by atoms with Crippen LogP contribution in [-0.4, -0.2) is 38.1 Å². The number of Topliss-reactive ketones (excluding diaryl/α,β-unsaturated/α-hetero) is 1. The van der Waals surface area contributed by atoms with Crippen molar-refractivity contribution in [1.82, 2.24) is 0 Å². The number of carbonyl (C=O) groups excluding carboxylic acids is 2. The number of hydrogen-bond donors (Lipinski definition) is 1. The second-order valence-corrected chi connectivity index (χ2v) is 9.72. The fourth-order valence-corrected chi connectivity index (χ4v) is 4.95. The number of ketones is 1. The summed E-state index contributed by atoms with van der Waals surface area (Å²) in [5, 5.41) is 0.412. The lowest BCUT2D eigenvalue weighted by Gasteiger charge is -2.25. The first kappa shape index (κ1) is 24.1. The molecule has 0 saturated carbocycles. The molecule has 1 aliphatic rings. The minimum Gasteiger partial charge on any atom is -0.319 e. The first-order valence-corrected chi connectivity index (χ1v) is 11.3. The van der Waals surface area contributed by atoms with Crippen molar-refractivity contribution in [2.24, 2.45) is 5.73 Å². The zero-order chi connectivity index (χ0) is 23.8. The molecule has 2 aromatic carbocycles. The van der Waals surface area contributed by atoms with Crippen LogP contribution in [-0.2, 0) is 21.2 Å². The maximum Gasteiger partial charge on any atom is 0.389 e. The minimum atomic E-state index is -4.63. The van der Waals surface area contributed by atoms with Crippen molar-refractivity contribution >= 4 is 38.8 Å². The first-order chi connectivity index (χ1) is 14.8. The highest BCUT2D eigenvalue weighted by Gasteiger charge is 2.38. The number of halogens is 5. The van der Waals surface area contributed by atoms with Gasteiger partial charge in [0.25, 0.3) is 0 Å². The van der Waals surface area contributed by atoms with Gasteiger partial charge >= 0.3 is 6.18 Å². The van der Waals surface area contributed by atoms with Gasteiger partial charge in [0.05, 0.1) is 40.9 Å². The SMILES string of the molecule is N[C@H]1CS(=O)(=O)c2cc(F)c(C(=O)CCC(F)(F)F)cc2N(Cc2ccc(Cl)cc2)C1=O. The molecule has 172 valence electrons. The van der Waals surface area contributed by atoms with Crippen LogP contribution in [0.25, 0.3) is 0 Å². The van der Waals surface area contributed by atoms with Gasteiger partial charge in [0, 0.05) is 11.4 Å². The summed E-state index contributed by atoms with van der Waals surface area (Å²) in [7, 11) is -4.23. The molecular weight excluding hydrogens is 476 g/mol. The standard InChI is InChI=1S/C20H17ClF4N2O4S/c21-12-3-1-11(2-4-12)9-27-16-7-13(17(28)5-6-20(23,24)25)14(22)8-18(16)32(30,31)10-15(26)19(27)29/h1-4,7-8,15H,5-6,9-10,26H2/t15-/m0/s1. The average molecular weight is 493 g/mol. The van der Waals surface area contributed by atoms with Crippen molar-refractivity contribution in [2.75, 3.05) is 10.7 Å². The van der Waals surface area contributed by atoms with Crippen LogP contribution >= 0.6 is 11.6 Å². The van der Waals surface area contributed by atoms with Crippen LogP contribution < -0.4 is 10.6 Å². The zero-order valence-corrected chi connectivity index (χ0v) is 17.9. The molecule has 0 aliphatic carbocycles. The molecular formula is C20H17ClF4N2O4S. The fraction of sp³-hybridized carbons (Fsp3) is 0.300. The topological polar surface area (TPSA) is 97.5 Å². The molecule has 6 nitrogen and oxygen atoms in total. The number of nitrogens with zero attached hydrogens (tertiary/aromatic N) is 1. The van der Waals surface area contributed by atoms with Gasteiger partial charge in [-0.1, -0.05) is 23.7 Å². The van der Waals surface area contributed by atoms with E-state index in [0.717, 1.165) is 11.0 Å². The third-order valence-corrected chi connectivity index (χ3v) is 6.89. The Balaban J connectivity index is 2.12. The van der Waals surface area contributed by atoms with E-state index < -0.39 is 68.6 Å². The summed E-state index contributed by atoms with van der Waals surface area (Å²) < 4.78 is 77.5. The number of rotatable bonds is 5. The predicted octanol–water partition coefficient (Wildman–Crippen LogP) is 3.65. The van der Waals surface area contributed by atoms with E-state index in [2.05, 4.69) is 0 Å². The Labute approximate surface area is 185 Å². The second-order valence-electron chi connectivity index (χ2n) is 7.28. The van der Waals surface area contributed by atoms with Gasteiger partial charge in [-0.15, -0.1) is 0 Å². The molecule has 0 spiro atoms. The second kappa shape index (κ2) is 8.80. The molecule has 12 heteroatoms. The van der Waals surface area contributed by atoms with Crippen molar-refractivity contribution in [3.63, 3.8) is 0 Å². The maximum absolute atomic E-state index is 14.6. The van der Waals surface area contributed by atoms with E-state index in [9.17, 15) is 35.6 Å². The molecule has 0 fully saturated rings. The van der Waals surface area contributed by atoms with Crippen molar-refractivity contribution in [3.8, 4) is 0 Å². The molecule has 32 heavy (non-hydrogen) atoms. The highest BCUT2D eigenvalue weighted by atomic mass is 35.5. The molecule has 1 amide bonds. The Kier molecular flexibility index (Phi) is 6.64. The van der Waals surface area contributed by atoms with Crippen molar-refractivity contribution in [2.45, 2.75) is 36.5 Å². The van der Waals surface area contributed by atoms with E-state index in [-0.39, 0.29) is 12.2 Å². The van der Waals surface area contributed by atoms with Gasteiger partial charge in [-0.25, -0.2) is 12.8 Å². The lowest BCUT2D eigenvalue weighted by atomic mass is 10.0. The monoisotopic (exact) mass is 492 g/mol. The van der Waals surface area contributed by atoms with Crippen LogP contribution in [0.4, 0.5) is 23.2 Å². The van der Waals surface area contributed by atoms with E-state index in [1.165, 1.54) is 12.1 Å². The molecule has 0 bridgehead atoms. The van der Waals surface area contributed by atoms with Crippen molar-refractivity contribution in [3.05, 3.63) is 58.4 Å². The molecule has 0 radical (unpaired) electrons. The van der Waals surface area contributed by atoms with Gasteiger partial charge in [0.15, 0.2) is 15.6 Å². The summed E-state index contributed by atoms with van der Waals surface area (Å²) in [5.74, 6) is -4.07. The largest absolute Gasteiger partial charge is 0.389 e. The Bertz CT molecular complexity index is 1170. The molecule has 0 saturated heterocycles. The van der Waals surface area contributed by atoms with Gasteiger partial charge in [-0.3, -0.25) is 9.59 Å². The average Bonchev–Trinajstić information content (AvgIpc) is 2.75. The van der Waals surface area contributed by atoms with Crippen LogP contribution in [0.2, 0.25) is 5.02 Å². The van der Waals surface area contributed by atoms with E-state index in [1.54, 1.807) is 12.1 Å². The molecule has 2 aromatic rings. The number of amides is 1. The Morgan fingerprint density at radius 1 is 1.19 bits per heavy atom. The molecule has 0 unspecified atom stereocenters. The molecule has 1 atom stereocenters. The van der Waals surface area contributed by atoms with E-state index in [4.69, 9.17) is 17.3 Å². The Morgan fingerprint density at radius 2 is 1.81 bits per heavy atom. The van der Waals surface area contributed by atoms with Crippen LogP contribution in [0.1, 0.15) is 28.8 Å². The lowest BCUT2D eigenvalue weighted by molar-refractivity contribution is -0.133. The molecule has 0 aromatic heterocycles. The van der Waals surface area contributed by atoms with Gasteiger partial charge in [0.1, 0.15) is 5.82 Å². The summed E-state index contributed by atoms with van der Waals surface area (Å²) in [6, 6.07) is 6.09. The van der Waals surface area contributed by atoms with Crippen molar-refractivity contribution < 1.29 is 35.6 Å². The number of alkyl halides is 3. The van der Waals surface area contributed by atoms with Crippen LogP contribution in [0.5, 0.6) is 0 Å². The summed E-state index contributed by atoms with van der Waals surface area (Å²) in [4.78, 5) is 25.5. The summed E-state index contributed by atoms with van der Waals surface area (Å²) in [6.45, 7) is -0.186. The number of anilines is 1. The highest BCUT2D eigenvalue weighted by Crippen LogP contribution is 2.35. The number of nitrogens with two attached hydrogens (primary N) is 1. The molecule has 1 heterocycles. The number of benzene rings is 2. The van der Waals surface area contributed by atoms with Gasteiger partial charge < -0.3 is 10.6 Å². The summed E-state index contributed by atoms with van der Waals surface area (Å²) >= 11 is 5.85. The van der Waals surface area contributed by atoms with Crippen LogP contribution in [0, 0.1) is 5.82 Å². The third-order valence-electron chi connectivity index (χ3n) is 4.85. The molecule has 2 N–H and O–H groups in total. The lowest BCUT2D eigenvalue weighted by Crippen LogP contribution is -2.45. The van der Waals surface area contributed by atoms with Crippen LogP contribution in [0.3, 0.4) is 0 Å². The van der Waals surface area contributed by atoms with E-state index in [0.29, 0.717) is 16.7 Å². The van der Waals surface area contributed by atoms with Crippen molar-refractivity contribution in [1.29, 1.82) is 0 Å². The smallest absolute Gasteiger partial charge is 0.319 e. The number of carbonyl (C=O) groups is 2. The first-order valence-electron chi connectivity index (χ1n) is 9.26. The number of hydrogen-bond acceptors (Lipinski definition) is 5. The summed E-state index contributed by atoms with van der Waals surface area (Å²) in [5.41, 5.74) is 5.21. The Hall–Kier alpha value is -2.50. The highest BCUT2D eigenvalue weighted by molar-refractivity contribution is 7.91. The maximum atomic E-state index is 14.6.